The van der Waals surface area contributed by atoms with Crippen LogP contribution in [0.15, 0.2) is 72.8 Å². The van der Waals surface area contributed by atoms with Gasteiger partial charge in [-0.3, -0.25) is 0 Å². The number of nitrogens with one attached hydrogen (secondary N) is 2. The lowest BCUT2D eigenvalue weighted by Gasteiger charge is -2.11. The maximum Gasteiger partial charge on any atom is 0.319 e. The van der Waals surface area contributed by atoms with Gasteiger partial charge in [0.2, 0.25) is 0 Å². The first-order valence-corrected chi connectivity index (χ1v) is 9.83. The van der Waals surface area contributed by atoms with Crippen LogP contribution in [0.4, 0.5) is 10.5 Å². The lowest BCUT2D eigenvalue weighted by atomic mass is 10.3. The smallest absolute Gasteiger partial charge is 0.319 e. The second-order valence-electron chi connectivity index (χ2n) is 6.16. The average Bonchev–Trinajstić information content (AvgIpc) is 3.17. The Hall–Kier alpha value is -3.58. The van der Waals surface area contributed by atoms with Gasteiger partial charge in [-0.1, -0.05) is 24.3 Å². The molecule has 0 atom stereocenters. The molecule has 2 amide bonds. The molecular weight excluding hydrogens is 386 g/mol. The minimum Gasteiger partial charge on any atom is -0.493 e. The molecule has 7 heteroatoms. The van der Waals surface area contributed by atoms with Gasteiger partial charge in [-0.15, -0.1) is 11.3 Å². The van der Waals surface area contributed by atoms with Gasteiger partial charge in [-0.2, -0.15) is 0 Å². The number of anilines is 1. The van der Waals surface area contributed by atoms with Crippen LogP contribution in [0.1, 0.15) is 5.01 Å². The van der Waals surface area contributed by atoms with Crippen LogP contribution in [-0.4, -0.2) is 18.1 Å². The van der Waals surface area contributed by atoms with Crippen molar-refractivity contribution in [3.8, 4) is 17.2 Å². The van der Waals surface area contributed by atoms with Crippen LogP contribution in [0.3, 0.4) is 0 Å². The molecule has 146 valence electrons. The molecule has 0 spiro atoms. The summed E-state index contributed by atoms with van der Waals surface area (Å²) in [5.74, 6) is 1.93. The van der Waals surface area contributed by atoms with Gasteiger partial charge in [0.15, 0.2) is 11.5 Å². The van der Waals surface area contributed by atoms with E-state index in [0.717, 1.165) is 15.2 Å². The monoisotopic (exact) mass is 405 g/mol. The SMILES string of the molecule is COc1ccccc1Oc1ccc(NC(=O)NCc2nc3ccccc3s2)cc1. The fourth-order valence-electron chi connectivity index (χ4n) is 2.76. The molecule has 0 bridgehead atoms. The molecule has 0 aliphatic rings. The summed E-state index contributed by atoms with van der Waals surface area (Å²) in [7, 11) is 1.60. The van der Waals surface area contributed by atoms with Crippen molar-refractivity contribution in [3.05, 3.63) is 77.8 Å². The molecule has 0 radical (unpaired) electrons. The zero-order chi connectivity index (χ0) is 20.1. The number of thiazole rings is 1. The summed E-state index contributed by atoms with van der Waals surface area (Å²) in [5.41, 5.74) is 1.61. The number of rotatable bonds is 6. The first-order valence-electron chi connectivity index (χ1n) is 9.01. The molecule has 4 aromatic rings. The number of carbonyl (C=O) groups excluding carboxylic acids is 1. The number of nitrogens with zero attached hydrogens (tertiary/aromatic N) is 1. The van der Waals surface area contributed by atoms with Gasteiger partial charge >= 0.3 is 6.03 Å². The largest absolute Gasteiger partial charge is 0.493 e. The molecule has 1 aromatic heterocycles. The van der Waals surface area contributed by atoms with Crippen molar-refractivity contribution in [1.82, 2.24) is 10.3 Å². The molecule has 29 heavy (non-hydrogen) atoms. The predicted molar refractivity (Wildman–Crippen MR) is 115 cm³/mol. The Balaban J connectivity index is 1.32. The summed E-state index contributed by atoms with van der Waals surface area (Å²) < 4.78 is 12.2. The lowest BCUT2D eigenvalue weighted by Crippen LogP contribution is -2.28. The second-order valence-corrected chi connectivity index (χ2v) is 7.28. The number of methoxy groups -OCH3 is 1. The molecule has 2 N–H and O–H groups in total. The molecule has 3 aromatic carbocycles. The molecule has 6 nitrogen and oxygen atoms in total. The third kappa shape index (κ3) is 4.64. The van der Waals surface area contributed by atoms with Gasteiger partial charge in [0.05, 0.1) is 23.9 Å². The number of ether oxygens (including phenoxy) is 2. The van der Waals surface area contributed by atoms with Gasteiger partial charge in [0.1, 0.15) is 10.8 Å². The molecule has 1 heterocycles. The zero-order valence-corrected chi connectivity index (χ0v) is 16.5. The first-order chi connectivity index (χ1) is 14.2. The van der Waals surface area contributed by atoms with Crippen LogP contribution in [0.2, 0.25) is 0 Å². The van der Waals surface area contributed by atoms with Crippen molar-refractivity contribution in [2.75, 3.05) is 12.4 Å². The average molecular weight is 405 g/mol. The number of urea groups is 1. The molecule has 4 rings (SSSR count). The summed E-state index contributed by atoms with van der Waals surface area (Å²) in [6.07, 6.45) is 0. The van der Waals surface area contributed by atoms with Crippen molar-refractivity contribution in [2.45, 2.75) is 6.54 Å². The summed E-state index contributed by atoms with van der Waals surface area (Å²) >= 11 is 1.57. The van der Waals surface area contributed by atoms with E-state index >= 15 is 0 Å². The van der Waals surface area contributed by atoms with Gasteiger partial charge < -0.3 is 20.1 Å². The third-order valence-corrected chi connectivity index (χ3v) is 5.18. The van der Waals surface area contributed by atoms with E-state index in [4.69, 9.17) is 9.47 Å². The van der Waals surface area contributed by atoms with Gasteiger partial charge in [0, 0.05) is 5.69 Å². The molecular formula is C22H19N3O3S. The number of carbonyl (C=O) groups is 1. The van der Waals surface area contributed by atoms with Gasteiger partial charge in [0.25, 0.3) is 0 Å². The number of benzene rings is 3. The first kappa shape index (κ1) is 18.8. The zero-order valence-electron chi connectivity index (χ0n) is 15.7. The van der Waals surface area contributed by atoms with Gasteiger partial charge in [-0.25, -0.2) is 9.78 Å². The number of amides is 2. The number of hydrogen-bond acceptors (Lipinski definition) is 5. The Morgan fingerprint density at radius 2 is 1.69 bits per heavy atom. The third-order valence-electron chi connectivity index (χ3n) is 4.15. The van der Waals surface area contributed by atoms with Crippen molar-refractivity contribution < 1.29 is 14.3 Å². The van der Waals surface area contributed by atoms with Crippen molar-refractivity contribution >= 4 is 33.3 Å². The lowest BCUT2D eigenvalue weighted by molar-refractivity contribution is 0.251. The molecule has 0 fully saturated rings. The predicted octanol–water partition coefficient (Wildman–Crippen LogP) is 5.42. The molecule has 0 saturated carbocycles. The van der Waals surface area contributed by atoms with Gasteiger partial charge in [-0.05, 0) is 48.5 Å². The fraction of sp³-hybridized carbons (Fsp3) is 0.0909. The van der Waals surface area contributed by atoms with Crippen LogP contribution >= 0.6 is 11.3 Å². The Labute approximate surface area is 172 Å². The standard InChI is InChI=1S/C22H19N3O3S/c1-27-18-7-3-4-8-19(18)28-16-12-10-15(11-13-16)24-22(26)23-14-21-25-17-6-2-5-9-20(17)29-21/h2-13H,14H2,1H3,(H2,23,24,26). The normalized spacial score (nSPS) is 10.5. The Kier molecular flexibility index (Phi) is 5.58. The van der Waals surface area contributed by atoms with E-state index in [2.05, 4.69) is 15.6 Å². The molecule has 0 aliphatic heterocycles. The molecule has 0 saturated heterocycles. The van der Waals surface area contributed by atoms with Crippen molar-refractivity contribution in [3.63, 3.8) is 0 Å². The van der Waals surface area contributed by atoms with Crippen LogP contribution in [-0.2, 0) is 6.54 Å². The fourth-order valence-corrected chi connectivity index (χ4v) is 3.67. The van der Waals surface area contributed by atoms with Crippen LogP contribution in [0.25, 0.3) is 10.2 Å². The Morgan fingerprint density at radius 3 is 2.45 bits per heavy atom. The van der Waals surface area contributed by atoms with E-state index in [1.807, 2.05) is 48.5 Å². The minimum absolute atomic E-state index is 0.289. The van der Waals surface area contributed by atoms with Crippen LogP contribution in [0, 0.1) is 0 Å². The summed E-state index contributed by atoms with van der Waals surface area (Å²) in [6, 6.07) is 22.2. The Morgan fingerprint density at radius 1 is 0.966 bits per heavy atom. The van der Waals surface area contributed by atoms with Crippen molar-refractivity contribution in [1.29, 1.82) is 0 Å². The van der Waals surface area contributed by atoms with E-state index < -0.39 is 0 Å². The highest BCUT2D eigenvalue weighted by molar-refractivity contribution is 7.18. The summed E-state index contributed by atoms with van der Waals surface area (Å²) in [6.45, 7) is 0.375. The summed E-state index contributed by atoms with van der Waals surface area (Å²) in [4.78, 5) is 16.7. The van der Waals surface area contributed by atoms with E-state index in [1.165, 1.54) is 0 Å². The quantitative estimate of drug-likeness (QED) is 0.449. The number of hydrogen-bond donors (Lipinski definition) is 2. The molecule has 0 aliphatic carbocycles. The van der Waals surface area contributed by atoms with E-state index in [9.17, 15) is 4.79 Å². The van der Waals surface area contributed by atoms with E-state index in [0.29, 0.717) is 29.5 Å². The van der Waals surface area contributed by atoms with E-state index in [1.54, 1.807) is 42.7 Å². The Bertz CT molecular complexity index is 1090. The number of para-hydroxylation sites is 3. The van der Waals surface area contributed by atoms with Crippen LogP contribution in [0.5, 0.6) is 17.2 Å². The second kappa shape index (κ2) is 8.62. The van der Waals surface area contributed by atoms with Crippen molar-refractivity contribution in [2.24, 2.45) is 0 Å². The highest BCUT2D eigenvalue weighted by Crippen LogP contribution is 2.31. The maximum absolute atomic E-state index is 12.2. The highest BCUT2D eigenvalue weighted by atomic mass is 32.1. The highest BCUT2D eigenvalue weighted by Gasteiger charge is 2.07. The molecule has 0 unspecified atom stereocenters. The minimum atomic E-state index is -0.289. The number of fused-ring (bicyclic) bond motifs is 1. The topological polar surface area (TPSA) is 72.5 Å². The summed E-state index contributed by atoms with van der Waals surface area (Å²) in [5, 5.41) is 6.50. The number of aromatic nitrogens is 1. The van der Waals surface area contributed by atoms with E-state index in [-0.39, 0.29) is 6.03 Å². The van der Waals surface area contributed by atoms with Crippen LogP contribution < -0.4 is 20.1 Å². The maximum atomic E-state index is 12.2.